The van der Waals surface area contributed by atoms with E-state index in [9.17, 15) is 10.5 Å². The Balaban J connectivity index is 1.51. The van der Waals surface area contributed by atoms with Crippen LogP contribution in [0.3, 0.4) is 0 Å². The summed E-state index contributed by atoms with van der Waals surface area (Å²) in [6, 6.07) is 23.9. The summed E-state index contributed by atoms with van der Waals surface area (Å²) in [5.41, 5.74) is 4.92. The van der Waals surface area contributed by atoms with Crippen molar-refractivity contribution < 1.29 is 4.74 Å². The smallest absolute Gasteiger partial charge is 0.125 e. The van der Waals surface area contributed by atoms with Crippen LogP contribution in [0.4, 0.5) is 5.69 Å². The number of hydrogen-bond donors (Lipinski definition) is 0. The number of anilines is 1. The molecule has 0 aromatic heterocycles. The minimum atomic E-state index is 0.0337. The molecule has 0 bridgehead atoms. The molecule has 2 heterocycles. The number of hydrogen-bond acceptors (Lipinski definition) is 5. The fraction of sp³-hybridized carbons (Fsp3) is 0.259. The van der Waals surface area contributed by atoms with Crippen molar-refractivity contribution >= 4 is 30.6 Å². The first-order valence-corrected chi connectivity index (χ1v) is 11.7. The van der Waals surface area contributed by atoms with Crippen LogP contribution in [-0.4, -0.2) is 39.0 Å². The molecule has 2 atom stereocenters. The van der Waals surface area contributed by atoms with Gasteiger partial charge in [-0.3, -0.25) is 4.90 Å². The maximum atomic E-state index is 9.78. The Hall–Kier alpha value is -3.45. The zero-order valence-corrected chi connectivity index (χ0v) is 19.4. The summed E-state index contributed by atoms with van der Waals surface area (Å²) in [6.45, 7) is 2.99. The molecule has 5 rings (SSSR count). The third-order valence-electron chi connectivity index (χ3n) is 6.71. The highest BCUT2D eigenvalue weighted by molar-refractivity contribution is 6.32. The SMILES string of the molecule is [B]c1ccc(N2CCN(C3CCOc4cc(C#N)ccc43)C[C@H]2c2ccc(Cl)cc2)c(C#N)c1. The summed E-state index contributed by atoms with van der Waals surface area (Å²) in [5.74, 6) is 0.797. The van der Waals surface area contributed by atoms with Crippen LogP contribution in [0.5, 0.6) is 5.75 Å². The molecule has 1 saturated heterocycles. The minimum absolute atomic E-state index is 0.0337. The molecule has 2 radical (unpaired) electrons. The van der Waals surface area contributed by atoms with Gasteiger partial charge in [0.05, 0.1) is 35.5 Å². The van der Waals surface area contributed by atoms with Crippen molar-refractivity contribution in [2.45, 2.75) is 18.5 Å². The minimum Gasteiger partial charge on any atom is -0.493 e. The Morgan fingerprint density at radius 3 is 2.53 bits per heavy atom. The third-order valence-corrected chi connectivity index (χ3v) is 6.96. The van der Waals surface area contributed by atoms with Gasteiger partial charge >= 0.3 is 0 Å². The molecule has 0 saturated carbocycles. The summed E-state index contributed by atoms with van der Waals surface area (Å²) < 4.78 is 5.89. The van der Waals surface area contributed by atoms with Gasteiger partial charge in [-0.2, -0.15) is 10.5 Å². The number of nitrogens with zero attached hydrogens (tertiary/aromatic N) is 4. The van der Waals surface area contributed by atoms with E-state index in [1.807, 2.05) is 42.5 Å². The van der Waals surface area contributed by atoms with Gasteiger partial charge in [0.25, 0.3) is 0 Å². The Labute approximate surface area is 206 Å². The van der Waals surface area contributed by atoms with Gasteiger partial charge < -0.3 is 9.64 Å². The number of benzene rings is 3. The largest absolute Gasteiger partial charge is 0.493 e. The zero-order chi connectivity index (χ0) is 23.7. The second kappa shape index (κ2) is 9.43. The first kappa shape index (κ1) is 22.4. The molecule has 3 aromatic carbocycles. The van der Waals surface area contributed by atoms with Crippen LogP contribution < -0.4 is 15.1 Å². The maximum Gasteiger partial charge on any atom is 0.125 e. The quantitative estimate of drug-likeness (QED) is 0.542. The summed E-state index contributed by atoms with van der Waals surface area (Å²) in [5, 5.41) is 19.7. The predicted octanol–water partition coefficient (Wildman–Crippen LogP) is 4.26. The van der Waals surface area contributed by atoms with Gasteiger partial charge in [0, 0.05) is 42.7 Å². The van der Waals surface area contributed by atoms with Gasteiger partial charge in [0.2, 0.25) is 0 Å². The van der Waals surface area contributed by atoms with Crippen molar-refractivity contribution in [1.29, 1.82) is 10.5 Å². The molecule has 34 heavy (non-hydrogen) atoms. The highest BCUT2D eigenvalue weighted by Gasteiger charge is 2.35. The van der Waals surface area contributed by atoms with E-state index in [-0.39, 0.29) is 12.1 Å². The van der Waals surface area contributed by atoms with E-state index in [1.54, 1.807) is 6.07 Å². The number of piperazine rings is 1. The number of nitriles is 2. The van der Waals surface area contributed by atoms with Crippen LogP contribution in [0, 0.1) is 22.7 Å². The van der Waals surface area contributed by atoms with Crippen molar-refractivity contribution in [3.8, 4) is 17.9 Å². The molecule has 0 N–H and O–H groups in total. The van der Waals surface area contributed by atoms with Crippen LogP contribution in [0.25, 0.3) is 0 Å². The van der Waals surface area contributed by atoms with Crippen molar-refractivity contribution in [1.82, 2.24) is 4.90 Å². The average molecular weight is 465 g/mol. The van der Waals surface area contributed by atoms with Gasteiger partial charge in [-0.1, -0.05) is 41.3 Å². The lowest BCUT2D eigenvalue weighted by Gasteiger charge is -2.47. The van der Waals surface area contributed by atoms with Gasteiger partial charge in [-0.15, -0.1) is 0 Å². The van der Waals surface area contributed by atoms with Crippen molar-refractivity contribution in [3.63, 3.8) is 0 Å². The molecule has 7 heteroatoms. The van der Waals surface area contributed by atoms with E-state index in [0.717, 1.165) is 48.6 Å². The monoisotopic (exact) mass is 464 g/mol. The number of halogens is 1. The molecule has 2 aliphatic rings. The van der Waals surface area contributed by atoms with Gasteiger partial charge in [0.15, 0.2) is 0 Å². The van der Waals surface area contributed by atoms with Crippen LogP contribution in [0.1, 0.15) is 40.8 Å². The lowest BCUT2D eigenvalue weighted by Crippen LogP contribution is -2.50. The second-order valence-corrected chi connectivity index (χ2v) is 9.10. The maximum absolute atomic E-state index is 9.78. The summed E-state index contributed by atoms with van der Waals surface area (Å²) >= 11 is 6.18. The van der Waals surface area contributed by atoms with Crippen molar-refractivity contribution in [2.75, 3.05) is 31.1 Å². The molecule has 2 aliphatic heterocycles. The first-order valence-electron chi connectivity index (χ1n) is 11.3. The predicted molar refractivity (Wildman–Crippen MR) is 134 cm³/mol. The van der Waals surface area contributed by atoms with E-state index in [0.29, 0.717) is 28.2 Å². The van der Waals surface area contributed by atoms with Crippen LogP contribution >= 0.6 is 11.6 Å². The molecular weight excluding hydrogens is 443 g/mol. The van der Waals surface area contributed by atoms with Gasteiger partial charge in [-0.05, 0) is 42.0 Å². The normalized spacial score (nSPS) is 20.0. The lowest BCUT2D eigenvalue weighted by atomic mass is 9.91. The highest BCUT2D eigenvalue weighted by Crippen LogP contribution is 2.41. The van der Waals surface area contributed by atoms with Gasteiger partial charge in [0.1, 0.15) is 19.7 Å². The molecule has 5 nitrogen and oxygen atoms in total. The van der Waals surface area contributed by atoms with Gasteiger partial charge in [-0.25, -0.2) is 0 Å². The van der Waals surface area contributed by atoms with E-state index in [4.69, 9.17) is 24.2 Å². The highest BCUT2D eigenvalue weighted by atomic mass is 35.5. The summed E-state index contributed by atoms with van der Waals surface area (Å²) in [6.07, 6.45) is 0.886. The fourth-order valence-corrected chi connectivity index (χ4v) is 5.18. The lowest BCUT2D eigenvalue weighted by molar-refractivity contribution is 0.117. The number of rotatable bonds is 3. The van der Waals surface area contributed by atoms with E-state index < -0.39 is 0 Å². The number of fused-ring (bicyclic) bond motifs is 1. The molecule has 0 spiro atoms. The third kappa shape index (κ3) is 4.23. The van der Waals surface area contributed by atoms with E-state index in [2.05, 4.69) is 34.1 Å². The first-order chi connectivity index (χ1) is 16.6. The molecule has 3 aromatic rings. The summed E-state index contributed by atoms with van der Waals surface area (Å²) in [4.78, 5) is 4.79. The Morgan fingerprint density at radius 1 is 0.941 bits per heavy atom. The molecule has 1 unspecified atom stereocenters. The Kier molecular flexibility index (Phi) is 6.20. The number of ether oxygens (including phenoxy) is 1. The van der Waals surface area contributed by atoms with E-state index in [1.165, 1.54) is 0 Å². The van der Waals surface area contributed by atoms with E-state index >= 15 is 0 Å². The fourth-order valence-electron chi connectivity index (χ4n) is 5.06. The Bertz CT molecular complexity index is 1300. The van der Waals surface area contributed by atoms with Crippen molar-refractivity contribution in [2.24, 2.45) is 0 Å². The van der Waals surface area contributed by atoms with Crippen LogP contribution in [-0.2, 0) is 0 Å². The Morgan fingerprint density at radius 2 is 1.76 bits per heavy atom. The molecule has 0 amide bonds. The zero-order valence-electron chi connectivity index (χ0n) is 18.6. The second-order valence-electron chi connectivity index (χ2n) is 8.66. The van der Waals surface area contributed by atoms with Crippen LogP contribution in [0.2, 0.25) is 5.02 Å². The summed E-state index contributed by atoms with van der Waals surface area (Å²) in [7, 11) is 5.96. The van der Waals surface area contributed by atoms with Crippen LogP contribution in [0.15, 0.2) is 60.7 Å². The topological polar surface area (TPSA) is 63.3 Å². The molecule has 0 aliphatic carbocycles. The molecule has 1 fully saturated rings. The molecule has 166 valence electrons. The van der Waals surface area contributed by atoms with Crippen molar-refractivity contribution in [3.05, 3.63) is 87.9 Å². The molecular formula is C27H22BClN4O. The standard InChI is InChI=1S/C27H22BClN4O/c28-21-4-8-24(20(14-21)16-31)33-11-10-32(17-26(33)19-2-5-22(29)6-3-19)25-9-12-34-27-13-18(15-30)1-7-23(25)27/h1-8,13-14,25-26H,9-12,17H2/t25?,26-/m0/s1. The average Bonchev–Trinajstić information content (AvgIpc) is 2.88.